The van der Waals surface area contributed by atoms with E-state index in [1.807, 2.05) is 4.90 Å². The Balaban J connectivity index is 1.85. The summed E-state index contributed by atoms with van der Waals surface area (Å²) < 4.78 is 0. The second-order valence-corrected chi connectivity index (χ2v) is 5.71. The summed E-state index contributed by atoms with van der Waals surface area (Å²) in [4.78, 5) is 14.0. The number of amides is 1. The maximum absolute atomic E-state index is 12.1. The molecule has 1 aliphatic carbocycles. The molecule has 2 fully saturated rings. The summed E-state index contributed by atoms with van der Waals surface area (Å²) in [5.74, 6) is 0.523. The van der Waals surface area contributed by atoms with Crippen molar-refractivity contribution in [1.82, 2.24) is 10.2 Å². The Hall–Kier alpha value is -0.610. The van der Waals surface area contributed by atoms with Crippen molar-refractivity contribution in [3.63, 3.8) is 0 Å². The molecule has 1 aliphatic heterocycles. The van der Waals surface area contributed by atoms with Gasteiger partial charge in [0.2, 0.25) is 5.91 Å². The van der Waals surface area contributed by atoms with Crippen LogP contribution >= 0.6 is 0 Å². The minimum Gasteiger partial charge on any atom is -0.393 e. The summed E-state index contributed by atoms with van der Waals surface area (Å²) >= 11 is 0. The van der Waals surface area contributed by atoms with Crippen LogP contribution in [0.4, 0.5) is 0 Å². The Bertz CT molecular complexity index is 281. The Morgan fingerprint density at radius 1 is 1.41 bits per heavy atom. The lowest BCUT2D eigenvalue weighted by Crippen LogP contribution is -2.43. The van der Waals surface area contributed by atoms with E-state index < -0.39 is 0 Å². The lowest BCUT2D eigenvalue weighted by atomic mass is 10.1. The topological polar surface area (TPSA) is 52.6 Å². The number of nitrogens with one attached hydrogen (secondary N) is 1. The molecule has 17 heavy (non-hydrogen) atoms. The van der Waals surface area contributed by atoms with Crippen LogP contribution in [0.3, 0.4) is 0 Å². The molecule has 2 rings (SSSR count). The van der Waals surface area contributed by atoms with Crippen molar-refractivity contribution < 1.29 is 9.90 Å². The van der Waals surface area contributed by atoms with Crippen LogP contribution in [0.5, 0.6) is 0 Å². The van der Waals surface area contributed by atoms with Crippen LogP contribution in [0.15, 0.2) is 0 Å². The SMILES string of the molecule is CC(C)NC1CCN(CC2CCCC2O)C1=O. The van der Waals surface area contributed by atoms with E-state index in [0.29, 0.717) is 12.0 Å². The second-order valence-electron chi connectivity index (χ2n) is 5.71. The number of carbonyl (C=O) groups is 1. The number of hydrogen-bond acceptors (Lipinski definition) is 3. The van der Waals surface area contributed by atoms with Crippen LogP contribution < -0.4 is 5.32 Å². The van der Waals surface area contributed by atoms with E-state index >= 15 is 0 Å². The van der Waals surface area contributed by atoms with Gasteiger partial charge in [-0.05, 0) is 19.3 Å². The average molecular weight is 240 g/mol. The highest BCUT2D eigenvalue weighted by atomic mass is 16.3. The largest absolute Gasteiger partial charge is 0.393 e. The van der Waals surface area contributed by atoms with Gasteiger partial charge in [-0.15, -0.1) is 0 Å². The lowest BCUT2D eigenvalue weighted by molar-refractivity contribution is -0.130. The fraction of sp³-hybridized carbons (Fsp3) is 0.923. The molecule has 0 bridgehead atoms. The van der Waals surface area contributed by atoms with Gasteiger partial charge in [0.1, 0.15) is 0 Å². The van der Waals surface area contributed by atoms with Gasteiger partial charge in [-0.2, -0.15) is 0 Å². The van der Waals surface area contributed by atoms with Crippen molar-refractivity contribution in [3.05, 3.63) is 0 Å². The summed E-state index contributed by atoms with van der Waals surface area (Å²) in [7, 11) is 0. The molecule has 0 radical (unpaired) electrons. The van der Waals surface area contributed by atoms with Crippen LogP contribution in [0.1, 0.15) is 39.5 Å². The molecule has 1 saturated carbocycles. The van der Waals surface area contributed by atoms with Crippen LogP contribution in [-0.2, 0) is 4.79 Å². The zero-order valence-corrected chi connectivity index (χ0v) is 10.9. The zero-order valence-electron chi connectivity index (χ0n) is 10.9. The quantitative estimate of drug-likeness (QED) is 0.762. The van der Waals surface area contributed by atoms with Crippen molar-refractivity contribution in [1.29, 1.82) is 0 Å². The molecule has 3 unspecified atom stereocenters. The summed E-state index contributed by atoms with van der Waals surface area (Å²) in [5, 5.41) is 13.1. The molecular weight excluding hydrogens is 216 g/mol. The second kappa shape index (κ2) is 5.36. The van der Waals surface area contributed by atoms with E-state index in [9.17, 15) is 9.90 Å². The normalized spacial score (nSPS) is 34.0. The number of aliphatic hydroxyl groups excluding tert-OH is 1. The van der Waals surface area contributed by atoms with Gasteiger partial charge in [0, 0.05) is 25.0 Å². The summed E-state index contributed by atoms with van der Waals surface area (Å²) in [6.07, 6.45) is 3.77. The summed E-state index contributed by atoms with van der Waals surface area (Å²) in [6, 6.07) is 0.342. The maximum atomic E-state index is 12.1. The van der Waals surface area contributed by atoms with E-state index in [-0.39, 0.29) is 18.1 Å². The highest BCUT2D eigenvalue weighted by Crippen LogP contribution is 2.27. The average Bonchev–Trinajstić information content (AvgIpc) is 2.79. The third kappa shape index (κ3) is 2.99. The molecule has 0 aromatic carbocycles. The molecule has 2 aliphatic rings. The van der Waals surface area contributed by atoms with Crippen LogP contribution in [0.25, 0.3) is 0 Å². The van der Waals surface area contributed by atoms with E-state index in [1.54, 1.807) is 0 Å². The molecule has 0 spiro atoms. The maximum Gasteiger partial charge on any atom is 0.239 e. The van der Waals surface area contributed by atoms with Crippen LogP contribution in [0.2, 0.25) is 0 Å². The minimum atomic E-state index is -0.195. The van der Waals surface area contributed by atoms with Crippen molar-refractivity contribution in [2.45, 2.75) is 57.7 Å². The predicted octanol–water partition coefficient (Wildman–Crippen LogP) is 0.746. The Labute approximate surface area is 103 Å². The van der Waals surface area contributed by atoms with Gasteiger partial charge < -0.3 is 15.3 Å². The standard InChI is InChI=1S/C13H24N2O2/c1-9(2)14-11-6-7-15(13(11)17)8-10-4-3-5-12(10)16/h9-12,14,16H,3-8H2,1-2H3. The van der Waals surface area contributed by atoms with Crippen LogP contribution in [-0.4, -0.2) is 47.2 Å². The highest BCUT2D eigenvalue weighted by Gasteiger charge is 2.35. The van der Waals surface area contributed by atoms with Gasteiger partial charge in [0.25, 0.3) is 0 Å². The first-order chi connectivity index (χ1) is 8.08. The Morgan fingerprint density at radius 2 is 2.18 bits per heavy atom. The van der Waals surface area contributed by atoms with Gasteiger partial charge in [0.05, 0.1) is 12.1 Å². The Morgan fingerprint density at radius 3 is 2.76 bits per heavy atom. The lowest BCUT2D eigenvalue weighted by Gasteiger charge is -2.23. The minimum absolute atomic E-state index is 0.00598. The van der Waals surface area contributed by atoms with Crippen LogP contribution in [0, 0.1) is 5.92 Å². The smallest absolute Gasteiger partial charge is 0.239 e. The van der Waals surface area contributed by atoms with Gasteiger partial charge in [0.15, 0.2) is 0 Å². The van der Waals surface area contributed by atoms with Gasteiger partial charge in [-0.25, -0.2) is 0 Å². The molecule has 1 amide bonds. The molecule has 1 saturated heterocycles. The molecular formula is C13H24N2O2. The molecule has 4 heteroatoms. The number of rotatable bonds is 4. The van der Waals surface area contributed by atoms with Crippen molar-refractivity contribution in [2.75, 3.05) is 13.1 Å². The molecule has 0 aromatic heterocycles. The molecule has 98 valence electrons. The van der Waals surface area contributed by atoms with Gasteiger partial charge in [-0.1, -0.05) is 20.3 Å². The number of aliphatic hydroxyl groups is 1. The number of hydrogen-bond donors (Lipinski definition) is 2. The monoisotopic (exact) mass is 240 g/mol. The third-order valence-electron chi connectivity index (χ3n) is 3.91. The number of likely N-dealkylation sites (tertiary alicyclic amines) is 1. The zero-order chi connectivity index (χ0) is 12.4. The number of carbonyl (C=O) groups excluding carboxylic acids is 1. The van der Waals surface area contributed by atoms with Crippen molar-refractivity contribution >= 4 is 5.91 Å². The Kier molecular flexibility index (Phi) is 4.05. The van der Waals surface area contributed by atoms with Gasteiger partial charge in [-0.3, -0.25) is 4.79 Å². The van der Waals surface area contributed by atoms with Crippen molar-refractivity contribution in [3.8, 4) is 0 Å². The molecule has 1 heterocycles. The van der Waals surface area contributed by atoms with E-state index in [4.69, 9.17) is 0 Å². The number of nitrogens with zero attached hydrogens (tertiary/aromatic N) is 1. The summed E-state index contributed by atoms with van der Waals surface area (Å²) in [6.45, 7) is 5.72. The fourth-order valence-corrected chi connectivity index (χ4v) is 2.99. The molecule has 2 N–H and O–H groups in total. The first-order valence-corrected chi connectivity index (χ1v) is 6.81. The first kappa shape index (κ1) is 12.8. The van der Waals surface area contributed by atoms with E-state index in [0.717, 1.165) is 38.8 Å². The van der Waals surface area contributed by atoms with Crippen molar-refractivity contribution in [2.24, 2.45) is 5.92 Å². The fourth-order valence-electron chi connectivity index (χ4n) is 2.99. The van der Waals surface area contributed by atoms with E-state index in [2.05, 4.69) is 19.2 Å². The molecule has 0 aromatic rings. The third-order valence-corrected chi connectivity index (χ3v) is 3.91. The summed E-state index contributed by atoms with van der Waals surface area (Å²) in [5.41, 5.74) is 0. The molecule has 4 nitrogen and oxygen atoms in total. The molecule has 3 atom stereocenters. The van der Waals surface area contributed by atoms with E-state index in [1.165, 1.54) is 0 Å². The first-order valence-electron chi connectivity index (χ1n) is 6.81. The highest BCUT2D eigenvalue weighted by molar-refractivity contribution is 5.84. The van der Waals surface area contributed by atoms with Gasteiger partial charge >= 0.3 is 0 Å². The predicted molar refractivity (Wildman–Crippen MR) is 66.6 cm³/mol.